The van der Waals surface area contributed by atoms with Crippen molar-refractivity contribution in [3.63, 3.8) is 0 Å². The van der Waals surface area contributed by atoms with Gasteiger partial charge in [-0.25, -0.2) is 13.1 Å². The van der Waals surface area contributed by atoms with Crippen LogP contribution in [0, 0.1) is 0 Å². The van der Waals surface area contributed by atoms with Crippen LogP contribution < -0.4 is 14.8 Å². The van der Waals surface area contributed by atoms with Crippen molar-refractivity contribution in [2.24, 2.45) is 0 Å². The minimum absolute atomic E-state index is 0.0545. The highest BCUT2D eigenvalue weighted by Crippen LogP contribution is 2.31. The number of methoxy groups -OCH3 is 1. The number of rotatable bonds is 10. The van der Waals surface area contributed by atoms with Crippen molar-refractivity contribution in [3.8, 4) is 17.2 Å². The smallest absolute Gasteiger partial charge is 0.280 e. The highest BCUT2D eigenvalue weighted by atomic mass is 32.2. The van der Waals surface area contributed by atoms with Gasteiger partial charge < -0.3 is 14.8 Å². The maximum atomic E-state index is 13.2. The van der Waals surface area contributed by atoms with Gasteiger partial charge in [0.2, 0.25) is 10.0 Å². The van der Waals surface area contributed by atoms with Crippen LogP contribution in [0.3, 0.4) is 0 Å². The second kappa shape index (κ2) is 10.7. The molecular formula is C24H30N4O5S. The number of hydrogen-bond acceptors (Lipinski definition) is 6. The van der Waals surface area contributed by atoms with Gasteiger partial charge in [-0.2, -0.15) is 9.40 Å². The number of sulfonamides is 1. The predicted octanol–water partition coefficient (Wildman–Crippen LogP) is 3.95. The summed E-state index contributed by atoms with van der Waals surface area (Å²) in [6.07, 6.45) is 1.42. The first-order chi connectivity index (χ1) is 16.2. The number of para-hydroxylation sites is 1. The summed E-state index contributed by atoms with van der Waals surface area (Å²) in [7, 11) is -2.28. The van der Waals surface area contributed by atoms with Crippen LogP contribution >= 0.6 is 0 Å². The van der Waals surface area contributed by atoms with Crippen molar-refractivity contribution in [2.45, 2.75) is 38.7 Å². The number of benzene rings is 2. The Morgan fingerprint density at radius 1 is 1.09 bits per heavy atom. The Morgan fingerprint density at radius 2 is 1.76 bits per heavy atom. The standard InChI is InChI=1S/C24H30N4O5S/c1-6-27(7-2)34(30,31)19-13-14-21(33-17(3)4)20(15-19)25-24(29)23-22(32-5)16-28(26-23)18-11-9-8-10-12-18/h8-17H,6-7H2,1-5H3,(H,25,29). The third-order valence-electron chi connectivity index (χ3n) is 5.04. The quantitative estimate of drug-likeness (QED) is 0.465. The molecule has 9 nitrogen and oxygen atoms in total. The maximum Gasteiger partial charge on any atom is 0.280 e. The molecule has 1 N–H and O–H groups in total. The molecule has 0 bridgehead atoms. The molecule has 0 aliphatic carbocycles. The van der Waals surface area contributed by atoms with Crippen LogP contribution in [0.4, 0.5) is 5.69 Å². The van der Waals surface area contributed by atoms with Crippen LogP contribution in [0.5, 0.6) is 11.5 Å². The summed E-state index contributed by atoms with van der Waals surface area (Å²) in [5.41, 5.74) is 1.04. The van der Waals surface area contributed by atoms with Crippen LogP contribution in [0.25, 0.3) is 5.69 Å². The van der Waals surface area contributed by atoms with Gasteiger partial charge in [0.15, 0.2) is 11.4 Å². The highest BCUT2D eigenvalue weighted by Gasteiger charge is 2.25. The topological polar surface area (TPSA) is 103 Å². The van der Waals surface area contributed by atoms with Crippen LogP contribution in [0.1, 0.15) is 38.2 Å². The lowest BCUT2D eigenvalue weighted by Crippen LogP contribution is -2.30. The Hall–Kier alpha value is -3.37. The van der Waals surface area contributed by atoms with E-state index in [-0.39, 0.29) is 28.1 Å². The molecule has 1 amide bonds. The van der Waals surface area contributed by atoms with Gasteiger partial charge in [0.1, 0.15) is 5.75 Å². The molecule has 0 spiro atoms. The first-order valence-electron chi connectivity index (χ1n) is 11.0. The summed E-state index contributed by atoms with van der Waals surface area (Å²) in [6, 6.07) is 13.7. The lowest BCUT2D eigenvalue weighted by molar-refractivity contribution is 0.101. The number of nitrogens with one attached hydrogen (secondary N) is 1. The maximum absolute atomic E-state index is 13.2. The Balaban J connectivity index is 2.00. The fourth-order valence-corrected chi connectivity index (χ4v) is 4.88. The molecule has 3 rings (SSSR count). The van der Waals surface area contributed by atoms with Crippen LogP contribution in [-0.2, 0) is 10.0 Å². The number of anilines is 1. The van der Waals surface area contributed by atoms with E-state index in [1.54, 1.807) is 30.8 Å². The third kappa shape index (κ3) is 5.40. The minimum atomic E-state index is -3.73. The lowest BCUT2D eigenvalue weighted by atomic mass is 10.2. The Kier molecular flexibility index (Phi) is 7.95. The number of carbonyl (C=O) groups is 1. The van der Waals surface area contributed by atoms with Gasteiger partial charge in [-0.3, -0.25) is 4.79 Å². The van der Waals surface area contributed by atoms with E-state index in [1.165, 1.54) is 23.5 Å². The average Bonchev–Trinajstić information content (AvgIpc) is 3.26. The molecule has 0 unspecified atom stereocenters. The molecule has 0 aliphatic rings. The molecule has 0 radical (unpaired) electrons. The summed E-state index contributed by atoms with van der Waals surface area (Å²) in [5.74, 6) is 0.0698. The summed E-state index contributed by atoms with van der Waals surface area (Å²) >= 11 is 0. The normalized spacial score (nSPS) is 11.6. The van der Waals surface area contributed by atoms with Crippen LogP contribution in [-0.4, -0.2) is 54.7 Å². The van der Waals surface area contributed by atoms with E-state index in [2.05, 4.69) is 10.4 Å². The zero-order valence-corrected chi connectivity index (χ0v) is 20.8. The van der Waals surface area contributed by atoms with Crippen molar-refractivity contribution >= 4 is 21.6 Å². The van der Waals surface area contributed by atoms with Gasteiger partial charge in [-0.15, -0.1) is 0 Å². The van der Waals surface area contributed by atoms with Crippen LogP contribution in [0.15, 0.2) is 59.6 Å². The molecular weight excluding hydrogens is 456 g/mol. The van der Waals surface area contributed by atoms with E-state index in [1.807, 2.05) is 44.2 Å². The second-order valence-corrected chi connectivity index (χ2v) is 9.63. The van der Waals surface area contributed by atoms with Gasteiger partial charge in [-0.1, -0.05) is 32.0 Å². The van der Waals surface area contributed by atoms with E-state index in [9.17, 15) is 13.2 Å². The minimum Gasteiger partial charge on any atom is -0.493 e. The second-order valence-electron chi connectivity index (χ2n) is 7.69. The molecule has 182 valence electrons. The van der Waals surface area contributed by atoms with Crippen molar-refractivity contribution in [2.75, 3.05) is 25.5 Å². The summed E-state index contributed by atoms with van der Waals surface area (Å²) in [5, 5.41) is 7.13. The molecule has 0 aliphatic heterocycles. The molecule has 10 heteroatoms. The molecule has 0 fully saturated rings. The number of ether oxygens (including phenoxy) is 2. The fraction of sp³-hybridized carbons (Fsp3) is 0.333. The van der Waals surface area contributed by atoms with Gasteiger partial charge in [0.05, 0.1) is 35.7 Å². The Bertz CT molecular complexity index is 1240. The number of aromatic nitrogens is 2. The molecule has 1 aromatic heterocycles. The first kappa shape index (κ1) is 25.3. The molecule has 1 heterocycles. The van der Waals surface area contributed by atoms with Gasteiger partial charge in [-0.05, 0) is 44.2 Å². The van der Waals surface area contributed by atoms with E-state index in [0.29, 0.717) is 18.8 Å². The first-order valence-corrected chi connectivity index (χ1v) is 12.5. The largest absolute Gasteiger partial charge is 0.493 e. The van der Waals surface area contributed by atoms with Gasteiger partial charge >= 0.3 is 0 Å². The van der Waals surface area contributed by atoms with Crippen molar-refractivity contribution in [1.29, 1.82) is 0 Å². The third-order valence-corrected chi connectivity index (χ3v) is 7.09. The average molecular weight is 487 g/mol. The Morgan fingerprint density at radius 3 is 2.35 bits per heavy atom. The van der Waals surface area contributed by atoms with Gasteiger partial charge in [0, 0.05) is 13.1 Å². The van der Waals surface area contributed by atoms with E-state index in [4.69, 9.17) is 9.47 Å². The number of carbonyl (C=O) groups excluding carboxylic acids is 1. The number of amides is 1. The zero-order chi connectivity index (χ0) is 24.9. The SMILES string of the molecule is CCN(CC)S(=O)(=O)c1ccc(OC(C)C)c(NC(=O)c2nn(-c3ccccc3)cc2OC)c1. The Labute approximate surface area is 200 Å². The molecule has 3 aromatic rings. The van der Waals surface area contributed by atoms with E-state index < -0.39 is 15.9 Å². The van der Waals surface area contributed by atoms with Gasteiger partial charge in [0.25, 0.3) is 5.91 Å². The molecule has 34 heavy (non-hydrogen) atoms. The molecule has 0 saturated heterocycles. The predicted molar refractivity (Wildman–Crippen MR) is 130 cm³/mol. The summed E-state index contributed by atoms with van der Waals surface area (Å²) in [6.45, 7) is 7.90. The van der Waals surface area contributed by atoms with Crippen molar-refractivity contribution in [3.05, 3.63) is 60.4 Å². The number of hydrogen-bond donors (Lipinski definition) is 1. The van der Waals surface area contributed by atoms with E-state index >= 15 is 0 Å². The molecule has 0 atom stereocenters. The highest BCUT2D eigenvalue weighted by molar-refractivity contribution is 7.89. The van der Waals surface area contributed by atoms with Crippen molar-refractivity contribution in [1.82, 2.24) is 14.1 Å². The monoisotopic (exact) mass is 486 g/mol. The molecule has 0 saturated carbocycles. The zero-order valence-electron chi connectivity index (χ0n) is 20.0. The molecule has 2 aromatic carbocycles. The lowest BCUT2D eigenvalue weighted by Gasteiger charge is -2.20. The summed E-state index contributed by atoms with van der Waals surface area (Å²) < 4.78 is 40.1. The van der Waals surface area contributed by atoms with E-state index in [0.717, 1.165) is 5.69 Å². The van der Waals surface area contributed by atoms with Crippen LogP contribution in [0.2, 0.25) is 0 Å². The summed E-state index contributed by atoms with van der Waals surface area (Å²) in [4.78, 5) is 13.3. The number of nitrogens with zero attached hydrogens (tertiary/aromatic N) is 3. The fourth-order valence-electron chi connectivity index (χ4n) is 3.40. The van der Waals surface area contributed by atoms with Crippen molar-refractivity contribution < 1.29 is 22.7 Å².